The summed E-state index contributed by atoms with van der Waals surface area (Å²) >= 11 is 0.869. The number of carbonyl (C=O) groups is 4. The molecule has 0 fully saturated rings. The monoisotopic (exact) mass is 420 g/mol. The maximum atomic E-state index is 12.4. The van der Waals surface area contributed by atoms with Crippen molar-refractivity contribution in [3.63, 3.8) is 0 Å². The number of primary amides is 1. The van der Waals surface area contributed by atoms with Gasteiger partial charge in [0.2, 0.25) is 0 Å². The minimum Gasteiger partial charge on any atom is -0.483 e. The average Bonchev–Trinajstić information content (AvgIpc) is 3.02. The normalized spacial score (nSPS) is 10.3. The molecule has 10 heteroatoms. The van der Waals surface area contributed by atoms with Crippen LogP contribution in [0, 0.1) is 6.92 Å². The van der Waals surface area contributed by atoms with Crippen LogP contribution in [0.2, 0.25) is 0 Å². The fraction of sp³-hybridized carbons (Fsp3) is 0.263. The first-order valence-corrected chi connectivity index (χ1v) is 9.26. The first-order chi connectivity index (χ1) is 13.9. The first-order valence-electron chi connectivity index (χ1n) is 8.45. The third-order valence-electron chi connectivity index (χ3n) is 3.75. The van der Waals surface area contributed by atoms with E-state index in [2.05, 4.69) is 5.32 Å². The molecule has 0 saturated heterocycles. The predicted molar refractivity (Wildman–Crippen MR) is 106 cm³/mol. The number of benzene rings is 1. The van der Waals surface area contributed by atoms with E-state index in [0.717, 1.165) is 11.3 Å². The molecule has 1 heterocycles. The van der Waals surface area contributed by atoms with Gasteiger partial charge in [0.15, 0.2) is 12.9 Å². The van der Waals surface area contributed by atoms with Crippen LogP contribution in [-0.2, 0) is 14.3 Å². The number of amides is 2. The molecule has 0 radical (unpaired) electrons. The van der Waals surface area contributed by atoms with E-state index >= 15 is 0 Å². The molecule has 2 amide bonds. The maximum Gasteiger partial charge on any atom is 0.341 e. The average molecular weight is 420 g/mol. The lowest BCUT2D eigenvalue weighted by atomic mass is 10.1. The number of thiophene rings is 1. The van der Waals surface area contributed by atoms with E-state index in [1.54, 1.807) is 24.3 Å². The van der Waals surface area contributed by atoms with Gasteiger partial charge in [-0.1, -0.05) is 12.1 Å². The number of nitrogens with one attached hydrogen (secondary N) is 1. The van der Waals surface area contributed by atoms with Gasteiger partial charge in [-0.25, -0.2) is 4.79 Å². The SMILES string of the molecule is COCCOC(=O)c1c(NC(=O)COc2ccccc2C=O)sc(C(N)=O)c1C. The van der Waals surface area contributed by atoms with Crippen LogP contribution >= 0.6 is 11.3 Å². The van der Waals surface area contributed by atoms with Gasteiger partial charge in [-0.05, 0) is 24.6 Å². The molecular formula is C19H20N2O7S. The van der Waals surface area contributed by atoms with Crippen molar-refractivity contribution in [3.05, 3.63) is 45.8 Å². The minimum absolute atomic E-state index is 0.00943. The standard InChI is InChI=1S/C19H20N2O7S/c1-11-15(19(25)27-8-7-26-2)18(29-16(11)17(20)24)21-14(23)10-28-13-6-4-3-5-12(13)9-22/h3-6,9H,7-8,10H2,1-2H3,(H2,20,24)(H,21,23). The Hall–Kier alpha value is -3.24. The number of carbonyl (C=O) groups excluding carboxylic acids is 4. The lowest BCUT2D eigenvalue weighted by Crippen LogP contribution is -2.21. The molecule has 0 aliphatic heterocycles. The Balaban J connectivity index is 2.16. The van der Waals surface area contributed by atoms with Crippen molar-refractivity contribution < 1.29 is 33.4 Å². The summed E-state index contributed by atoms with van der Waals surface area (Å²) in [6.07, 6.45) is 0.614. The van der Waals surface area contributed by atoms with Gasteiger partial charge >= 0.3 is 5.97 Å². The van der Waals surface area contributed by atoms with Crippen LogP contribution in [0.3, 0.4) is 0 Å². The zero-order chi connectivity index (χ0) is 21.4. The summed E-state index contributed by atoms with van der Waals surface area (Å²) in [5.41, 5.74) is 6.00. The largest absolute Gasteiger partial charge is 0.483 e. The van der Waals surface area contributed by atoms with Gasteiger partial charge in [-0.2, -0.15) is 0 Å². The van der Waals surface area contributed by atoms with Crippen LogP contribution in [0.15, 0.2) is 24.3 Å². The van der Waals surface area contributed by atoms with E-state index in [1.807, 2.05) is 0 Å². The topological polar surface area (TPSA) is 134 Å². The van der Waals surface area contributed by atoms with Crippen molar-refractivity contribution in [1.82, 2.24) is 0 Å². The summed E-state index contributed by atoms with van der Waals surface area (Å²) in [5.74, 6) is -1.79. The number of hydrogen-bond donors (Lipinski definition) is 2. The van der Waals surface area contributed by atoms with E-state index in [-0.39, 0.29) is 34.4 Å². The second-order valence-electron chi connectivity index (χ2n) is 5.75. The molecule has 0 unspecified atom stereocenters. The molecule has 29 heavy (non-hydrogen) atoms. The molecule has 0 bridgehead atoms. The van der Waals surface area contributed by atoms with Crippen LogP contribution < -0.4 is 15.8 Å². The predicted octanol–water partition coefficient (Wildman–Crippen LogP) is 1.79. The van der Waals surface area contributed by atoms with Crippen LogP contribution in [-0.4, -0.2) is 51.0 Å². The number of methoxy groups -OCH3 is 1. The highest BCUT2D eigenvalue weighted by Gasteiger charge is 2.26. The van der Waals surface area contributed by atoms with Gasteiger partial charge in [0.05, 0.1) is 22.6 Å². The summed E-state index contributed by atoms with van der Waals surface area (Å²) in [4.78, 5) is 47.5. The minimum atomic E-state index is -0.727. The lowest BCUT2D eigenvalue weighted by molar-refractivity contribution is -0.118. The van der Waals surface area contributed by atoms with Gasteiger partial charge in [0.1, 0.15) is 17.4 Å². The summed E-state index contributed by atoms with van der Waals surface area (Å²) in [6.45, 7) is 1.33. The molecule has 154 valence electrons. The second-order valence-corrected chi connectivity index (χ2v) is 6.77. The first kappa shape index (κ1) is 22.1. The molecular weight excluding hydrogens is 400 g/mol. The van der Waals surface area contributed by atoms with Gasteiger partial charge in [0.25, 0.3) is 11.8 Å². The molecule has 1 aromatic carbocycles. The fourth-order valence-corrected chi connectivity index (χ4v) is 3.45. The van der Waals surface area contributed by atoms with Crippen molar-refractivity contribution in [2.24, 2.45) is 5.73 Å². The Labute approximate surface area is 170 Å². The number of para-hydroxylation sites is 1. The molecule has 0 saturated carbocycles. The zero-order valence-electron chi connectivity index (χ0n) is 15.9. The Morgan fingerprint density at radius 2 is 1.93 bits per heavy atom. The molecule has 0 spiro atoms. The highest BCUT2D eigenvalue weighted by molar-refractivity contribution is 7.18. The summed E-state index contributed by atoms with van der Waals surface area (Å²) in [6, 6.07) is 6.43. The molecule has 0 atom stereocenters. The van der Waals surface area contributed by atoms with Gasteiger partial charge in [-0.15, -0.1) is 11.3 Å². The smallest absolute Gasteiger partial charge is 0.341 e. The van der Waals surface area contributed by atoms with Crippen LogP contribution in [0.25, 0.3) is 0 Å². The van der Waals surface area contributed by atoms with Crippen LogP contribution in [0.5, 0.6) is 5.75 Å². The highest BCUT2D eigenvalue weighted by Crippen LogP contribution is 2.33. The molecule has 0 aliphatic rings. The van der Waals surface area contributed by atoms with Gasteiger partial charge in [-0.3, -0.25) is 14.4 Å². The molecule has 2 aromatic rings. The van der Waals surface area contributed by atoms with Gasteiger partial charge < -0.3 is 25.3 Å². The zero-order valence-corrected chi connectivity index (χ0v) is 16.7. The van der Waals surface area contributed by atoms with E-state index in [1.165, 1.54) is 14.0 Å². The van der Waals surface area contributed by atoms with Crippen molar-refractivity contribution in [1.29, 1.82) is 0 Å². The Morgan fingerprint density at radius 3 is 2.59 bits per heavy atom. The second kappa shape index (κ2) is 10.3. The van der Waals surface area contributed by atoms with Gasteiger partial charge in [0, 0.05) is 7.11 Å². The maximum absolute atomic E-state index is 12.4. The lowest BCUT2D eigenvalue weighted by Gasteiger charge is -2.10. The molecule has 1 aromatic heterocycles. The Bertz CT molecular complexity index is 923. The van der Waals surface area contributed by atoms with E-state index in [4.69, 9.17) is 19.9 Å². The van der Waals surface area contributed by atoms with E-state index in [0.29, 0.717) is 17.4 Å². The molecule has 3 N–H and O–H groups in total. The number of hydrogen-bond acceptors (Lipinski definition) is 8. The third kappa shape index (κ3) is 5.62. The van der Waals surface area contributed by atoms with E-state index < -0.39 is 24.4 Å². The molecule has 2 rings (SSSR count). The van der Waals surface area contributed by atoms with Crippen molar-refractivity contribution in [3.8, 4) is 5.75 Å². The fourth-order valence-electron chi connectivity index (χ4n) is 2.39. The number of nitrogens with two attached hydrogens (primary N) is 1. The number of rotatable bonds is 10. The highest BCUT2D eigenvalue weighted by atomic mass is 32.1. The number of aldehydes is 1. The number of esters is 1. The summed E-state index contributed by atoms with van der Waals surface area (Å²) in [5, 5.41) is 2.65. The van der Waals surface area contributed by atoms with Crippen molar-refractivity contribution in [2.45, 2.75) is 6.92 Å². The van der Waals surface area contributed by atoms with Crippen LogP contribution in [0.4, 0.5) is 5.00 Å². The summed E-state index contributed by atoms with van der Waals surface area (Å²) < 4.78 is 15.3. The molecule has 0 aliphatic carbocycles. The Morgan fingerprint density at radius 1 is 1.21 bits per heavy atom. The number of ether oxygens (including phenoxy) is 3. The third-order valence-corrected chi connectivity index (χ3v) is 4.97. The summed E-state index contributed by atoms with van der Waals surface area (Å²) in [7, 11) is 1.46. The Kier molecular flexibility index (Phi) is 7.87. The number of anilines is 1. The quantitative estimate of drug-likeness (QED) is 0.340. The molecule has 9 nitrogen and oxygen atoms in total. The van der Waals surface area contributed by atoms with Crippen molar-refractivity contribution >= 4 is 40.4 Å². The van der Waals surface area contributed by atoms with E-state index in [9.17, 15) is 19.2 Å². The van der Waals surface area contributed by atoms with Crippen LogP contribution in [0.1, 0.15) is 36.0 Å². The van der Waals surface area contributed by atoms with Crippen molar-refractivity contribution in [2.75, 3.05) is 32.2 Å².